The van der Waals surface area contributed by atoms with Gasteiger partial charge in [0.05, 0.1) is 5.02 Å². The van der Waals surface area contributed by atoms with Crippen LogP contribution in [0.25, 0.3) is 0 Å². The molecule has 0 aliphatic rings. The van der Waals surface area contributed by atoms with Crippen LogP contribution in [0.4, 0.5) is 8.78 Å². The number of carbonyl (C=O) groups is 1. The fourth-order valence-corrected chi connectivity index (χ4v) is 1.64. The summed E-state index contributed by atoms with van der Waals surface area (Å²) in [5.74, 6) is -2.59. The first kappa shape index (κ1) is 13.3. The number of benzene rings is 2. The molecule has 0 saturated heterocycles. The van der Waals surface area contributed by atoms with Gasteiger partial charge in [-0.3, -0.25) is 0 Å². The van der Waals surface area contributed by atoms with Gasteiger partial charge in [0.2, 0.25) is 0 Å². The number of ether oxygens (including phenoxy) is 1. The molecule has 3 nitrogen and oxygen atoms in total. The van der Waals surface area contributed by atoms with Crippen molar-refractivity contribution in [3.8, 4) is 11.5 Å². The molecule has 19 heavy (non-hydrogen) atoms. The van der Waals surface area contributed by atoms with Crippen molar-refractivity contribution in [1.82, 2.24) is 0 Å². The minimum atomic E-state index is -1.34. The number of hydrogen-bond donors (Lipinski definition) is 1. The maximum absolute atomic E-state index is 13.0. The summed E-state index contributed by atoms with van der Waals surface area (Å²) in [6.07, 6.45) is 0. The zero-order valence-corrected chi connectivity index (χ0v) is 10.1. The zero-order chi connectivity index (χ0) is 14.0. The summed E-state index contributed by atoms with van der Waals surface area (Å²) in [4.78, 5) is 11.0. The van der Waals surface area contributed by atoms with Crippen LogP contribution in [-0.2, 0) is 0 Å². The van der Waals surface area contributed by atoms with Crippen LogP contribution in [0, 0.1) is 11.6 Å². The van der Waals surface area contributed by atoms with Crippen LogP contribution in [0.2, 0.25) is 5.02 Å². The summed E-state index contributed by atoms with van der Waals surface area (Å²) in [5.41, 5.74) is -0.347. The van der Waals surface area contributed by atoms with Gasteiger partial charge in [-0.1, -0.05) is 11.6 Å². The van der Waals surface area contributed by atoms with Crippen LogP contribution in [0.3, 0.4) is 0 Å². The Morgan fingerprint density at radius 1 is 1.05 bits per heavy atom. The van der Waals surface area contributed by atoms with E-state index in [1.807, 2.05) is 0 Å². The van der Waals surface area contributed by atoms with Gasteiger partial charge >= 0.3 is 5.97 Å². The summed E-state index contributed by atoms with van der Waals surface area (Å²) >= 11 is 5.76. The van der Waals surface area contributed by atoms with Crippen molar-refractivity contribution in [3.63, 3.8) is 0 Å². The van der Waals surface area contributed by atoms with Crippen molar-refractivity contribution in [2.75, 3.05) is 0 Å². The van der Waals surface area contributed by atoms with Gasteiger partial charge in [0.1, 0.15) is 28.7 Å². The molecule has 0 atom stereocenters. The largest absolute Gasteiger partial charge is 0.478 e. The summed E-state index contributed by atoms with van der Waals surface area (Å²) in [6, 6.07) is 6.45. The third-order valence-electron chi connectivity index (χ3n) is 2.29. The van der Waals surface area contributed by atoms with E-state index in [9.17, 15) is 13.6 Å². The zero-order valence-electron chi connectivity index (χ0n) is 9.36. The highest BCUT2D eigenvalue weighted by Gasteiger charge is 2.14. The van der Waals surface area contributed by atoms with E-state index in [4.69, 9.17) is 21.4 Å². The number of halogens is 3. The minimum Gasteiger partial charge on any atom is -0.478 e. The number of hydrogen-bond acceptors (Lipinski definition) is 2. The number of carboxylic acids is 1. The van der Waals surface area contributed by atoms with Gasteiger partial charge in [-0.05, 0) is 36.4 Å². The van der Waals surface area contributed by atoms with Gasteiger partial charge in [-0.25, -0.2) is 13.6 Å². The van der Waals surface area contributed by atoms with Gasteiger partial charge in [-0.2, -0.15) is 0 Å². The Labute approximate surface area is 112 Å². The minimum absolute atomic E-state index is 0.0133. The molecule has 0 heterocycles. The molecule has 2 rings (SSSR count). The Morgan fingerprint density at radius 3 is 2.21 bits per heavy atom. The number of rotatable bonds is 3. The SMILES string of the molecule is O=C(O)c1cc(F)ccc1Oc1ccc(F)cc1Cl. The summed E-state index contributed by atoms with van der Waals surface area (Å²) in [6.45, 7) is 0. The van der Waals surface area contributed by atoms with Crippen molar-refractivity contribution in [1.29, 1.82) is 0 Å². The molecule has 0 saturated carbocycles. The number of aromatic carboxylic acids is 1. The molecule has 0 aliphatic heterocycles. The normalized spacial score (nSPS) is 10.3. The molecule has 0 radical (unpaired) electrons. The summed E-state index contributed by atoms with van der Waals surface area (Å²) in [5, 5.41) is 8.93. The fraction of sp³-hybridized carbons (Fsp3) is 0. The van der Waals surface area contributed by atoms with Crippen LogP contribution >= 0.6 is 11.6 Å². The van der Waals surface area contributed by atoms with Crippen LogP contribution in [-0.4, -0.2) is 11.1 Å². The Kier molecular flexibility index (Phi) is 3.66. The molecule has 2 aromatic rings. The summed E-state index contributed by atoms with van der Waals surface area (Å²) < 4.78 is 31.1. The van der Waals surface area contributed by atoms with Gasteiger partial charge in [-0.15, -0.1) is 0 Å². The predicted molar refractivity (Wildman–Crippen MR) is 64.8 cm³/mol. The maximum atomic E-state index is 13.0. The molecule has 0 aromatic heterocycles. The van der Waals surface area contributed by atoms with E-state index < -0.39 is 17.6 Å². The molecule has 1 N–H and O–H groups in total. The standard InChI is InChI=1S/C13H7ClF2O3/c14-10-6-8(16)2-4-12(10)19-11-3-1-7(15)5-9(11)13(17)18/h1-6H,(H,17,18). The highest BCUT2D eigenvalue weighted by molar-refractivity contribution is 6.32. The second kappa shape index (κ2) is 5.24. The first-order valence-corrected chi connectivity index (χ1v) is 5.51. The molecular weight excluding hydrogens is 278 g/mol. The van der Waals surface area contributed by atoms with E-state index in [0.29, 0.717) is 0 Å². The second-order valence-corrected chi connectivity index (χ2v) is 4.03. The van der Waals surface area contributed by atoms with Gasteiger partial charge < -0.3 is 9.84 Å². The third-order valence-corrected chi connectivity index (χ3v) is 2.58. The quantitative estimate of drug-likeness (QED) is 0.922. The van der Waals surface area contributed by atoms with E-state index in [1.165, 1.54) is 12.1 Å². The average Bonchev–Trinajstić information content (AvgIpc) is 2.34. The Bertz CT molecular complexity index is 644. The van der Waals surface area contributed by atoms with E-state index >= 15 is 0 Å². The van der Waals surface area contributed by atoms with E-state index in [-0.39, 0.29) is 22.1 Å². The fourth-order valence-electron chi connectivity index (χ4n) is 1.43. The first-order chi connectivity index (χ1) is 8.97. The van der Waals surface area contributed by atoms with Gasteiger partial charge in [0.15, 0.2) is 0 Å². The predicted octanol–water partition coefficient (Wildman–Crippen LogP) is 4.11. The van der Waals surface area contributed by atoms with Gasteiger partial charge in [0, 0.05) is 0 Å². The lowest BCUT2D eigenvalue weighted by Crippen LogP contribution is -2.01. The number of carboxylic acid groups (broad SMARTS) is 1. The third kappa shape index (κ3) is 3.00. The van der Waals surface area contributed by atoms with Crippen molar-refractivity contribution >= 4 is 17.6 Å². The molecule has 2 aromatic carbocycles. The molecule has 0 fully saturated rings. The maximum Gasteiger partial charge on any atom is 0.339 e. The molecule has 0 unspecified atom stereocenters. The molecule has 0 amide bonds. The monoisotopic (exact) mass is 284 g/mol. The van der Waals surface area contributed by atoms with Crippen LogP contribution in [0.15, 0.2) is 36.4 Å². The van der Waals surface area contributed by atoms with Crippen LogP contribution < -0.4 is 4.74 Å². The Hall–Kier alpha value is -2.14. The van der Waals surface area contributed by atoms with Crippen molar-refractivity contribution in [2.45, 2.75) is 0 Å². The molecular formula is C13H7ClF2O3. The van der Waals surface area contributed by atoms with E-state index in [2.05, 4.69) is 0 Å². The lowest BCUT2D eigenvalue weighted by Gasteiger charge is -2.10. The second-order valence-electron chi connectivity index (χ2n) is 3.62. The smallest absolute Gasteiger partial charge is 0.339 e. The molecule has 0 spiro atoms. The highest BCUT2D eigenvalue weighted by Crippen LogP contribution is 2.32. The van der Waals surface area contributed by atoms with Crippen molar-refractivity contribution < 1.29 is 23.4 Å². The molecule has 6 heteroatoms. The van der Waals surface area contributed by atoms with Crippen LogP contribution in [0.1, 0.15) is 10.4 Å². The Balaban J connectivity index is 2.40. The molecule has 0 aliphatic carbocycles. The topological polar surface area (TPSA) is 46.5 Å². The first-order valence-electron chi connectivity index (χ1n) is 5.13. The lowest BCUT2D eigenvalue weighted by atomic mass is 10.2. The molecule has 98 valence electrons. The van der Waals surface area contributed by atoms with Crippen LogP contribution in [0.5, 0.6) is 11.5 Å². The Morgan fingerprint density at radius 2 is 1.63 bits per heavy atom. The summed E-state index contributed by atoms with van der Waals surface area (Å²) in [7, 11) is 0. The van der Waals surface area contributed by atoms with E-state index in [1.54, 1.807) is 0 Å². The lowest BCUT2D eigenvalue weighted by molar-refractivity contribution is 0.0693. The van der Waals surface area contributed by atoms with Crippen molar-refractivity contribution in [3.05, 3.63) is 58.6 Å². The average molecular weight is 285 g/mol. The van der Waals surface area contributed by atoms with Crippen molar-refractivity contribution in [2.24, 2.45) is 0 Å². The van der Waals surface area contributed by atoms with E-state index in [0.717, 1.165) is 24.3 Å². The molecule has 0 bridgehead atoms. The van der Waals surface area contributed by atoms with Gasteiger partial charge in [0.25, 0.3) is 0 Å². The highest BCUT2D eigenvalue weighted by atomic mass is 35.5.